The Kier molecular flexibility index (Phi) is 4.81. The summed E-state index contributed by atoms with van der Waals surface area (Å²) in [7, 11) is 1.49. The van der Waals surface area contributed by atoms with Gasteiger partial charge in [0.05, 0.1) is 0 Å². The van der Waals surface area contributed by atoms with Crippen molar-refractivity contribution in [2.75, 3.05) is 7.11 Å². The Morgan fingerprint density at radius 3 is 2.21 bits per heavy atom. The lowest BCUT2D eigenvalue weighted by molar-refractivity contribution is -0.249. The Hall–Kier alpha value is -2.86. The van der Waals surface area contributed by atoms with Crippen molar-refractivity contribution < 1.29 is 23.8 Å². The van der Waals surface area contributed by atoms with Gasteiger partial charge in [-0.15, -0.1) is 0 Å². The molecule has 4 rings (SSSR count). The summed E-state index contributed by atoms with van der Waals surface area (Å²) in [5, 5.41) is 0. The maximum absolute atomic E-state index is 13.0. The van der Waals surface area contributed by atoms with Crippen molar-refractivity contribution in [3.8, 4) is 0 Å². The molecule has 4 atom stereocenters. The Bertz CT molecular complexity index is 856. The van der Waals surface area contributed by atoms with Gasteiger partial charge >= 0.3 is 12.1 Å². The zero-order chi connectivity index (χ0) is 19.7. The molecule has 2 aliphatic heterocycles. The Balaban J connectivity index is 1.78. The molecule has 2 saturated heterocycles. The number of hydrogen-bond acceptors (Lipinski definition) is 5. The molecule has 0 radical (unpaired) electrons. The molecule has 6 nitrogen and oxygen atoms in total. The number of benzene rings is 2. The predicted octanol–water partition coefficient (Wildman–Crippen LogP) is 3.99. The summed E-state index contributed by atoms with van der Waals surface area (Å²) in [5.41, 5.74) is 1.87. The van der Waals surface area contributed by atoms with Crippen LogP contribution < -0.4 is 0 Å². The number of carbonyl (C=O) groups excluding carboxylic acids is 2. The zero-order valence-electron chi connectivity index (χ0n) is 15.9. The lowest BCUT2D eigenvalue weighted by atomic mass is 9.91. The normalized spacial score (nSPS) is 30.1. The van der Waals surface area contributed by atoms with Crippen LogP contribution in [-0.2, 0) is 19.0 Å². The summed E-state index contributed by atoms with van der Waals surface area (Å²) in [6, 6.07) is 18.6. The Morgan fingerprint density at radius 1 is 1.00 bits per heavy atom. The molecule has 2 fully saturated rings. The van der Waals surface area contributed by atoms with E-state index >= 15 is 0 Å². The van der Waals surface area contributed by atoms with Crippen LogP contribution in [0.15, 0.2) is 60.7 Å². The van der Waals surface area contributed by atoms with Crippen LogP contribution in [0.1, 0.15) is 43.0 Å². The molecule has 146 valence electrons. The molecule has 28 heavy (non-hydrogen) atoms. The van der Waals surface area contributed by atoms with Gasteiger partial charge in [0.2, 0.25) is 5.79 Å². The molecule has 0 unspecified atom stereocenters. The average Bonchev–Trinajstić information content (AvgIpc) is 3.06. The van der Waals surface area contributed by atoms with E-state index in [0.29, 0.717) is 6.42 Å². The number of cyclic esters (lactones) is 2. The molecule has 0 bridgehead atoms. The maximum atomic E-state index is 13.0. The molecule has 1 amide bonds. The van der Waals surface area contributed by atoms with Crippen LogP contribution in [0.3, 0.4) is 0 Å². The lowest BCUT2D eigenvalue weighted by Gasteiger charge is -2.44. The van der Waals surface area contributed by atoms with E-state index in [1.807, 2.05) is 60.7 Å². The third-order valence-corrected chi connectivity index (χ3v) is 5.58. The van der Waals surface area contributed by atoms with Crippen molar-refractivity contribution in [2.45, 2.75) is 43.7 Å². The summed E-state index contributed by atoms with van der Waals surface area (Å²) in [5.74, 6) is -1.56. The van der Waals surface area contributed by atoms with Crippen LogP contribution in [0.2, 0.25) is 0 Å². The largest absolute Gasteiger partial charge is 0.439 e. The number of hydrogen-bond donors (Lipinski definition) is 0. The third-order valence-electron chi connectivity index (χ3n) is 5.58. The van der Waals surface area contributed by atoms with E-state index in [4.69, 9.17) is 14.2 Å². The first-order valence-electron chi connectivity index (χ1n) is 9.39. The van der Waals surface area contributed by atoms with Gasteiger partial charge in [0.25, 0.3) is 0 Å². The summed E-state index contributed by atoms with van der Waals surface area (Å²) in [4.78, 5) is 26.6. The van der Waals surface area contributed by atoms with Crippen LogP contribution >= 0.6 is 0 Å². The number of carbonyl (C=O) groups is 2. The second-order valence-corrected chi connectivity index (χ2v) is 7.23. The van der Waals surface area contributed by atoms with Crippen LogP contribution in [0, 0.1) is 0 Å². The summed E-state index contributed by atoms with van der Waals surface area (Å²) in [6.45, 7) is 1.69. The SMILES string of the molecule is CO[C@]1(C)OC(=O)CC[C@H]1N1C(=O)O[C@@H](c2ccccc2)[C@H]1c1ccccc1. The number of methoxy groups -OCH3 is 1. The second kappa shape index (κ2) is 7.28. The topological polar surface area (TPSA) is 65.1 Å². The number of esters is 1. The minimum Gasteiger partial charge on any atom is -0.439 e. The standard InChI is InChI=1S/C22H23NO5/c1-22(26-2)17(13-14-18(24)28-22)23-19(15-9-5-3-6-10-15)20(27-21(23)25)16-11-7-4-8-12-16/h3-12,17,19-20H,13-14H2,1-2H3/t17-,19-,20+,22-/m1/s1. The Labute approximate surface area is 164 Å². The fourth-order valence-electron chi connectivity index (χ4n) is 4.12. The second-order valence-electron chi connectivity index (χ2n) is 7.23. The van der Waals surface area contributed by atoms with Crippen LogP contribution in [0.5, 0.6) is 0 Å². The van der Waals surface area contributed by atoms with Gasteiger partial charge in [-0.25, -0.2) is 4.79 Å². The van der Waals surface area contributed by atoms with Gasteiger partial charge in [-0.2, -0.15) is 0 Å². The van der Waals surface area contributed by atoms with Gasteiger partial charge in [0, 0.05) is 20.5 Å². The first kappa shape index (κ1) is 18.5. The molecular weight excluding hydrogens is 358 g/mol. The fraction of sp³-hybridized carbons (Fsp3) is 0.364. The zero-order valence-corrected chi connectivity index (χ0v) is 15.9. The number of rotatable bonds is 4. The molecule has 0 N–H and O–H groups in total. The Morgan fingerprint density at radius 2 is 1.61 bits per heavy atom. The molecule has 0 saturated carbocycles. The molecule has 2 aliphatic rings. The molecule has 2 aromatic carbocycles. The van der Waals surface area contributed by atoms with Crippen molar-refractivity contribution in [1.29, 1.82) is 0 Å². The maximum Gasteiger partial charge on any atom is 0.411 e. The van der Waals surface area contributed by atoms with Crippen LogP contribution in [0.4, 0.5) is 4.79 Å². The highest BCUT2D eigenvalue weighted by Crippen LogP contribution is 2.47. The van der Waals surface area contributed by atoms with Crippen molar-refractivity contribution >= 4 is 12.1 Å². The molecule has 2 aromatic rings. The lowest BCUT2D eigenvalue weighted by Crippen LogP contribution is -2.58. The van der Waals surface area contributed by atoms with Gasteiger partial charge in [-0.1, -0.05) is 60.7 Å². The van der Waals surface area contributed by atoms with E-state index in [-0.39, 0.29) is 18.4 Å². The van der Waals surface area contributed by atoms with Gasteiger partial charge in [0.15, 0.2) is 6.10 Å². The van der Waals surface area contributed by atoms with Crippen molar-refractivity contribution in [1.82, 2.24) is 4.90 Å². The molecule has 6 heteroatoms. The molecule has 2 heterocycles. The summed E-state index contributed by atoms with van der Waals surface area (Å²) in [6.07, 6.45) is -0.225. The third kappa shape index (κ3) is 3.14. The minimum atomic E-state index is -1.23. The summed E-state index contributed by atoms with van der Waals surface area (Å²) >= 11 is 0. The molecular formula is C22H23NO5. The number of nitrogens with zero attached hydrogens (tertiary/aromatic N) is 1. The fourth-order valence-corrected chi connectivity index (χ4v) is 4.12. The molecule has 0 spiro atoms. The number of amides is 1. The highest BCUT2D eigenvalue weighted by Gasteiger charge is 2.55. The van der Waals surface area contributed by atoms with Gasteiger partial charge < -0.3 is 14.2 Å². The first-order chi connectivity index (χ1) is 13.5. The highest BCUT2D eigenvalue weighted by molar-refractivity contribution is 5.74. The monoisotopic (exact) mass is 381 g/mol. The van der Waals surface area contributed by atoms with Crippen molar-refractivity contribution in [3.63, 3.8) is 0 Å². The average molecular weight is 381 g/mol. The highest BCUT2D eigenvalue weighted by atomic mass is 16.7. The quantitative estimate of drug-likeness (QED) is 0.750. The molecule has 0 aromatic heterocycles. The molecule has 0 aliphatic carbocycles. The van der Waals surface area contributed by atoms with E-state index in [0.717, 1.165) is 11.1 Å². The minimum absolute atomic E-state index is 0.227. The van der Waals surface area contributed by atoms with Crippen molar-refractivity contribution in [2.24, 2.45) is 0 Å². The predicted molar refractivity (Wildman–Crippen MR) is 101 cm³/mol. The van der Waals surface area contributed by atoms with E-state index < -0.39 is 24.0 Å². The van der Waals surface area contributed by atoms with Gasteiger partial charge in [-0.05, 0) is 17.5 Å². The summed E-state index contributed by atoms with van der Waals surface area (Å²) < 4.78 is 16.9. The number of ether oxygens (including phenoxy) is 3. The van der Waals surface area contributed by atoms with Crippen LogP contribution in [-0.4, -0.2) is 35.9 Å². The van der Waals surface area contributed by atoms with Crippen LogP contribution in [0.25, 0.3) is 0 Å². The van der Waals surface area contributed by atoms with Gasteiger partial charge in [-0.3, -0.25) is 9.69 Å². The smallest absolute Gasteiger partial charge is 0.411 e. The van der Waals surface area contributed by atoms with E-state index in [2.05, 4.69) is 0 Å². The van der Waals surface area contributed by atoms with Gasteiger partial charge in [0.1, 0.15) is 12.1 Å². The van der Waals surface area contributed by atoms with E-state index in [1.54, 1.807) is 11.8 Å². The van der Waals surface area contributed by atoms with Crippen molar-refractivity contribution in [3.05, 3.63) is 71.8 Å². The van der Waals surface area contributed by atoms with E-state index in [9.17, 15) is 9.59 Å². The first-order valence-corrected chi connectivity index (χ1v) is 9.39. The van der Waals surface area contributed by atoms with E-state index in [1.165, 1.54) is 7.11 Å².